The lowest BCUT2D eigenvalue weighted by Crippen LogP contribution is -2.32. The largest absolute Gasteiger partial charge is 0.455 e. The van der Waals surface area contributed by atoms with Gasteiger partial charge in [0.15, 0.2) is 6.20 Å². The molecule has 0 radical (unpaired) electrons. The van der Waals surface area contributed by atoms with Crippen LogP contribution in [-0.4, -0.2) is 0 Å². The zero-order chi connectivity index (χ0) is 21.4. The standard InChI is InChI=1S/C28H30NO/c1-16(2)19-14-18-12-13-29(7)26-23-17(3)20-10-8-9-11-21(20)25(28(4,5)6)27(23)30-22(15-19)24(18)26/h8-16H,1-7H3/q+1. The molecule has 0 atom stereocenters. The summed E-state index contributed by atoms with van der Waals surface area (Å²) < 4.78 is 9.09. The lowest BCUT2D eigenvalue weighted by Gasteiger charge is -2.30. The highest BCUT2D eigenvalue weighted by Crippen LogP contribution is 2.53. The van der Waals surface area contributed by atoms with Crippen LogP contribution in [0.2, 0.25) is 0 Å². The Bertz CT molecular complexity index is 1340. The van der Waals surface area contributed by atoms with Crippen LogP contribution < -0.4 is 9.30 Å². The lowest BCUT2D eigenvalue weighted by molar-refractivity contribution is -0.659. The minimum Gasteiger partial charge on any atom is -0.455 e. The first kappa shape index (κ1) is 19.1. The first-order valence-corrected chi connectivity index (χ1v) is 10.9. The van der Waals surface area contributed by atoms with Gasteiger partial charge < -0.3 is 4.74 Å². The van der Waals surface area contributed by atoms with Crippen LogP contribution in [0.5, 0.6) is 11.5 Å². The van der Waals surface area contributed by atoms with E-state index in [1.165, 1.54) is 49.5 Å². The molecule has 2 heteroatoms. The van der Waals surface area contributed by atoms with Crippen molar-refractivity contribution in [2.24, 2.45) is 7.05 Å². The van der Waals surface area contributed by atoms with Crippen molar-refractivity contribution >= 4 is 21.5 Å². The van der Waals surface area contributed by atoms with Gasteiger partial charge in [0.2, 0.25) is 5.69 Å². The number of rotatable bonds is 1. The third kappa shape index (κ3) is 2.59. The average Bonchev–Trinajstić information content (AvgIpc) is 2.68. The van der Waals surface area contributed by atoms with Crippen LogP contribution in [0.3, 0.4) is 0 Å². The summed E-state index contributed by atoms with van der Waals surface area (Å²) in [7, 11) is 2.15. The second-order valence-electron chi connectivity index (χ2n) is 10.0. The fraction of sp³-hybridized carbons (Fsp3) is 0.321. The van der Waals surface area contributed by atoms with Crippen molar-refractivity contribution in [2.75, 3.05) is 0 Å². The first-order chi connectivity index (χ1) is 14.2. The number of aromatic nitrogens is 1. The molecular weight excluding hydrogens is 366 g/mol. The van der Waals surface area contributed by atoms with Crippen LogP contribution in [0.4, 0.5) is 0 Å². The smallest absolute Gasteiger partial charge is 0.228 e. The van der Waals surface area contributed by atoms with E-state index in [9.17, 15) is 0 Å². The Hall–Kier alpha value is -2.87. The third-order valence-corrected chi connectivity index (χ3v) is 6.52. The molecule has 1 aliphatic heterocycles. The van der Waals surface area contributed by atoms with Gasteiger partial charge in [-0.05, 0) is 51.6 Å². The molecule has 0 saturated carbocycles. The van der Waals surface area contributed by atoms with Gasteiger partial charge in [0.1, 0.15) is 18.5 Å². The Morgan fingerprint density at radius 2 is 1.67 bits per heavy atom. The number of nitrogens with zero attached hydrogens (tertiary/aromatic N) is 1. The molecule has 1 aliphatic rings. The number of pyridine rings is 1. The predicted octanol–water partition coefficient (Wildman–Crippen LogP) is 7.32. The molecule has 30 heavy (non-hydrogen) atoms. The van der Waals surface area contributed by atoms with Crippen molar-refractivity contribution in [3.8, 4) is 22.8 Å². The quantitative estimate of drug-likeness (QED) is 0.271. The van der Waals surface area contributed by atoms with E-state index in [0.29, 0.717) is 5.92 Å². The highest BCUT2D eigenvalue weighted by atomic mass is 16.5. The molecule has 0 unspecified atom stereocenters. The van der Waals surface area contributed by atoms with Crippen LogP contribution in [0.15, 0.2) is 48.7 Å². The summed E-state index contributed by atoms with van der Waals surface area (Å²) >= 11 is 0. The summed E-state index contributed by atoms with van der Waals surface area (Å²) in [6.07, 6.45) is 2.19. The molecule has 5 rings (SSSR count). The number of benzene rings is 3. The predicted molar refractivity (Wildman–Crippen MR) is 126 cm³/mol. The van der Waals surface area contributed by atoms with Crippen LogP contribution in [-0.2, 0) is 12.5 Å². The van der Waals surface area contributed by atoms with Gasteiger partial charge in [-0.15, -0.1) is 0 Å². The number of ether oxygens (including phenoxy) is 1. The Morgan fingerprint density at radius 1 is 0.967 bits per heavy atom. The van der Waals surface area contributed by atoms with E-state index in [0.717, 1.165) is 11.5 Å². The molecule has 0 bridgehead atoms. The van der Waals surface area contributed by atoms with Crippen molar-refractivity contribution in [2.45, 2.75) is 52.9 Å². The normalized spacial score (nSPS) is 13.1. The van der Waals surface area contributed by atoms with E-state index < -0.39 is 0 Å². The maximum absolute atomic E-state index is 6.83. The van der Waals surface area contributed by atoms with Crippen LogP contribution in [0, 0.1) is 6.92 Å². The number of fused-ring (bicyclic) bond motifs is 3. The maximum atomic E-state index is 6.83. The molecule has 1 aromatic heterocycles. The topological polar surface area (TPSA) is 13.1 Å². The molecule has 0 saturated heterocycles. The van der Waals surface area contributed by atoms with Gasteiger partial charge in [0.05, 0.1) is 10.9 Å². The Morgan fingerprint density at radius 3 is 2.33 bits per heavy atom. The lowest BCUT2D eigenvalue weighted by atomic mass is 9.78. The molecule has 152 valence electrons. The van der Waals surface area contributed by atoms with Gasteiger partial charge in [0, 0.05) is 11.6 Å². The average molecular weight is 397 g/mol. The van der Waals surface area contributed by atoms with Crippen molar-refractivity contribution in [3.05, 3.63) is 65.4 Å². The Labute approximate surface area is 179 Å². The van der Waals surface area contributed by atoms with Crippen molar-refractivity contribution < 1.29 is 9.30 Å². The van der Waals surface area contributed by atoms with E-state index in [-0.39, 0.29) is 5.41 Å². The minimum atomic E-state index is -0.0446. The molecule has 0 amide bonds. The zero-order valence-corrected chi connectivity index (χ0v) is 19.1. The molecule has 2 heterocycles. The monoisotopic (exact) mass is 396 g/mol. The summed E-state index contributed by atoms with van der Waals surface area (Å²) in [5.41, 5.74) is 6.34. The maximum Gasteiger partial charge on any atom is 0.228 e. The van der Waals surface area contributed by atoms with Crippen LogP contribution in [0.1, 0.15) is 57.2 Å². The molecule has 3 aromatic carbocycles. The number of aryl methyl sites for hydroxylation is 2. The number of hydrogen-bond donors (Lipinski definition) is 0. The van der Waals surface area contributed by atoms with E-state index in [1.54, 1.807) is 0 Å². The van der Waals surface area contributed by atoms with Crippen molar-refractivity contribution in [1.82, 2.24) is 0 Å². The molecule has 0 aliphatic carbocycles. The van der Waals surface area contributed by atoms with Crippen molar-refractivity contribution in [1.29, 1.82) is 0 Å². The molecule has 4 aromatic rings. The van der Waals surface area contributed by atoms with E-state index in [4.69, 9.17) is 4.74 Å². The summed E-state index contributed by atoms with van der Waals surface area (Å²) in [4.78, 5) is 0. The highest BCUT2D eigenvalue weighted by molar-refractivity contribution is 6.07. The fourth-order valence-electron chi connectivity index (χ4n) is 5.02. The SMILES string of the molecule is Cc1c2c(c(C(C)(C)C)c3ccccc13)Oc1cc(C(C)C)cc3cc[n+](C)c-2c13. The number of hydrogen-bond acceptors (Lipinski definition) is 1. The molecule has 0 fully saturated rings. The van der Waals surface area contributed by atoms with Gasteiger partial charge >= 0.3 is 0 Å². The summed E-state index contributed by atoms with van der Waals surface area (Å²) in [5, 5.41) is 5.07. The molecular formula is C28H30NO+. The van der Waals surface area contributed by atoms with Gasteiger partial charge in [-0.1, -0.05) is 65.0 Å². The second-order valence-corrected chi connectivity index (χ2v) is 10.0. The minimum absolute atomic E-state index is 0.0446. The second kappa shape index (κ2) is 6.31. The van der Waals surface area contributed by atoms with Crippen LogP contribution in [0.25, 0.3) is 32.8 Å². The molecule has 0 N–H and O–H groups in total. The van der Waals surface area contributed by atoms with Gasteiger partial charge in [-0.25, -0.2) is 4.57 Å². The van der Waals surface area contributed by atoms with Crippen LogP contribution >= 0.6 is 0 Å². The zero-order valence-electron chi connectivity index (χ0n) is 19.1. The summed E-state index contributed by atoms with van der Waals surface area (Å²) in [6.45, 7) is 13.6. The van der Waals surface area contributed by atoms with E-state index in [1.807, 2.05) is 0 Å². The van der Waals surface area contributed by atoms with E-state index >= 15 is 0 Å². The first-order valence-electron chi connectivity index (χ1n) is 10.9. The third-order valence-electron chi connectivity index (χ3n) is 6.52. The Kier molecular flexibility index (Phi) is 4.02. The Balaban J connectivity index is 2.02. The summed E-state index contributed by atoms with van der Waals surface area (Å²) in [5.74, 6) is 2.46. The molecule has 2 nitrogen and oxygen atoms in total. The van der Waals surface area contributed by atoms with Crippen molar-refractivity contribution in [3.63, 3.8) is 0 Å². The van der Waals surface area contributed by atoms with Gasteiger partial charge in [-0.2, -0.15) is 0 Å². The summed E-state index contributed by atoms with van der Waals surface area (Å²) in [6, 6.07) is 15.5. The fourth-order valence-corrected chi connectivity index (χ4v) is 5.02. The van der Waals surface area contributed by atoms with E-state index in [2.05, 4.69) is 102 Å². The highest BCUT2D eigenvalue weighted by Gasteiger charge is 2.35. The molecule has 0 spiro atoms. The van der Waals surface area contributed by atoms with Gasteiger partial charge in [-0.3, -0.25) is 0 Å². The van der Waals surface area contributed by atoms with Gasteiger partial charge in [0.25, 0.3) is 0 Å².